The van der Waals surface area contributed by atoms with Gasteiger partial charge in [0.15, 0.2) is 11.4 Å². The quantitative estimate of drug-likeness (QED) is 0.177. The van der Waals surface area contributed by atoms with Crippen molar-refractivity contribution in [3.63, 3.8) is 0 Å². The lowest BCUT2D eigenvalue weighted by atomic mass is 9.92. The maximum absolute atomic E-state index is 9.70. The molecule has 0 saturated heterocycles. The third kappa shape index (κ3) is 4.31. The number of hydrogen-bond acceptors (Lipinski definition) is 1. The van der Waals surface area contributed by atoms with E-state index in [1.807, 2.05) is 60.7 Å². The van der Waals surface area contributed by atoms with Gasteiger partial charge in [-0.1, -0.05) is 97.1 Å². The molecule has 0 amide bonds. The Labute approximate surface area is 288 Å². The molecule has 0 spiro atoms. The summed E-state index contributed by atoms with van der Waals surface area (Å²) >= 11 is 0. The van der Waals surface area contributed by atoms with E-state index in [-0.39, 0.29) is 0 Å². The molecule has 0 unspecified atom stereocenters. The lowest BCUT2D eigenvalue weighted by Crippen LogP contribution is -1.98. The molecule has 0 radical (unpaired) electrons. The van der Waals surface area contributed by atoms with Crippen molar-refractivity contribution in [3.8, 4) is 39.7 Å². The van der Waals surface area contributed by atoms with E-state index in [2.05, 4.69) is 116 Å². The number of aromatic nitrogens is 2. The average Bonchev–Trinajstić information content (AvgIpc) is 3.69. The smallest absolute Gasteiger partial charge is 0.195 e. The number of rotatable bonds is 4. The number of nitriles is 1. The molecular weight excluding hydrogens is 611 g/mol. The molecule has 50 heavy (non-hydrogen) atoms. The first-order valence-corrected chi connectivity index (χ1v) is 16.2. The highest BCUT2D eigenvalue weighted by atomic mass is 15.0. The molecule has 0 aliphatic rings. The van der Waals surface area contributed by atoms with E-state index in [1.54, 1.807) is 0 Å². The maximum atomic E-state index is 9.70. The van der Waals surface area contributed by atoms with E-state index < -0.39 is 0 Å². The minimum atomic E-state index is 0.533. The third-order valence-corrected chi connectivity index (χ3v) is 9.60. The lowest BCUT2D eigenvalue weighted by Gasteiger charge is -2.19. The second-order valence-electron chi connectivity index (χ2n) is 12.2. The van der Waals surface area contributed by atoms with Crippen molar-refractivity contribution in [1.29, 1.82) is 5.26 Å². The van der Waals surface area contributed by atoms with Gasteiger partial charge in [-0.25, -0.2) is 9.69 Å². The Kier molecular flexibility index (Phi) is 6.56. The second kappa shape index (κ2) is 11.4. The van der Waals surface area contributed by atoms with Crippen LogP contribution in [0.3, 0.4) is 0 Å². The van der Waals surface area contributed by atoms with Crippen molar-refractivity contribution in [3.05, 3.63) is 180 Å². The summed E-state index contributed by atoms with van der Waals surface area (Å²) in [6, 6.07) is 53.3. The highest BCUT2D eigenvalue weighted by Crippen LogP contribution is 2.45. The topological polar surface area (TPSA) is 42.4 Å². The van der Waals surface area contributed by atoms with Crippen molar-refractivity contribution in [1.82, 2.24) is 9.13 Å². The summed E-state index contributed by atoms with van der Waals surface area (Å²) in [4.78, 5) is 7.74. The van der Waals surface area contributed by atoms with Crippen molar-refractivity contribution < 1.29 is 0 Å². The molecule has 230 valence electrons. The minimum absolute atomic E-state index is 0.533. The Morgan fingerprint density at radius 1 is 0.500 bits per heavy atom. The number of para-hydroxylation sites is 3. The maximum Gasteiger partial charge on any atom is 0.195 e. The Morgan fingerprint density at radius 3 is 1.88 bits per heavy atom. The Morgan fingerprint density at radius 2 is 1.16 bits per heavy atom. The van der Waals surface area contributed by atoms with E-state index in [0.717, 1.165) is 66.5 Å². The molecule has 7 aromatic carbocycles. The predicted octanol–water partition coefficient (Wildman–Crippen LogP) is 12.2. The van der Waals surface area contributed by atoms with E-state index >= 15 is 0 Å². The van der Waals surface area contributed by atoms with Crippen LogP contribution in [0.25, 0.3) is 86.9 Å². The molecule has 0 N–H and O–H groups in total. The van der Waals surface area contributed by atoms with Crippen molar-refractivity contribution in [2.45, 2.75) is 0 Å². The van der Waals surface area contributed by atoms with Crippen LogP contribution in [0, 0.1) is 24.5 Å². The summed E-state index contributed by atoms with van der Waals surface area (Å²) in [5.74, 6) is 0. The second-order valence-corrected chi connectivity index (χ2v) is 12.2. The molecular formula is C45H25N5. The van der Waals surface area contributed by atoms with Gasteiger partial charge in [0.05, 0.1) is 47.0 Å². The van der Waals surface area contributed by atoms with Gasteiger partial charge in [-0.3, -0.25) is 0 Å². The summed E-state index contributed by atoms with van der Waals surface area (Å²) in [7, 11) is 0. The van der Waals surface area contributed by atoms with Gasteiger partial charge in [-0.15, -0.1) is 0 Å². The molecule has 9 aromatic rings. The van der Waals surface area contributed by atoms with Crippen LogP contribution < -0.4 is 0 Å². The number of hydrogen-bond donors (Lipinski definition) is 0. The van der Waals surface area contributed by atoms with E-state index in [4.69, 9.17) is 13.1 Å². The first kappa shape index (κ1) is 28.8. The first-order chi connectivity index (χ1) is 24.7. The summed E-state index contributed by atoms with van der Waals surface area (Å²) in [5.41, 5.74) is 11.4. The summed E-state index contributed by atoms with van der Waals surface area (Å²) < 4.78 is 4.46. The van der Waals surface area contributed by atoms with Crippen LogP contribution in [0.4, 0.5) is 11.4 Å². The van der Waals surface area contributed by atoms with E-state index in [0.29, 0.717) is 16.9 Å². The molecule has 0 bridgehead atoms. The van der Waals surface area contributed by atoms with Gasteiger partial charge in [0, 0.05) is 32.7 Å². The molecule has 0 fully saturated rings. The molecule has 0 aliphatic heterocycles. The zero-order chi connectivity index (χ0) is 33.8. The Balaban J connectivity index is 1.26. The van der Waals surface area contributed by atoms with Gasteiger partial charge in [0.2, 0.25) is 0 Å². The highest BCUT2D eigenvalue weighted by Gasteiger charge is 2.21. The molecule has 9 rings (SSSR count). The number of nitrogens with zero attached hydrogens (tertiary/aromatic N) is 5. The van der Waals surface area contributed by atoms with Crippen molar-refractivity contribution in [2.24, 2.45) is 0 Å². The molecule has 0 atom stereocenters. The SMILES string of the molecule is [C-]#[N+]c1ccc2c3cc(C#N)ccc3n(-c3ccccc3-c3c([N+]#[C-])cccc3-c3ccc(-n4c5ccccc5c5ccccc54)cc3)c2c1. The zero-order valence-corrected chi connectivity index (χ0v) is 26.7. The summed E-state index contributed by atoms with van der Waals surface area (Å²) in [6.07, 6.45) is 0. The molecule has 0 aliphatic carbocycles. The van der Waals surface area contributed by atoms with Crippen LogP contribution in [-0.4, -0.2) is 9.13 Å². The third-order valence-electron chi connectivity index (χ3n) is 9.60. The Hall–Kier alpha value is -7.39. The van der Waals surface area contributed by atoms with Crippen LogP contribution in [0.1, 0.15) is 5.56 Å². The van der Waals surface area contributed by atoms with Crippen LogP contribution in [-0.2, 0) is 0 Å². The average molecular weight is 636 g/mol. The van der Waals surface area contributed by atoms with Gasteiger partial charge < -0.3 is 9.13 Å². The van der Waals surface area contributed by atoms with Crippen LogP contribution >= 0.6 is 0 Å². The van der Waals surface area contributed by atoms with Crippen LogP contribution in [0.15, 0.2) is 152 Å². The molecule has 5 heteroatoms. The van der Waals surface area contributed by atoms with E-state index in [1.165, 1.54) is 10.8 Å². The Bertz CT molecular complexity index is 2900. The monoisotopic (exact) mass is 635 g/mol. The standard InChI is InChI=1S/C45H25N5/c1-47-31-21-24-36-38-26-29(28-46)18-25-43(38)50(44(36)27-31)42-17-8-5-12-37(42)45-33(13-9-14-39(45)48-2)30-19-22-32(23-20-30)49-40-15-6-3-10-34(40)35-11-4-7-16-41(35)49/h3-27H. The summed E-state index contributed by atoms with van der Waals surface area (Å²) in [6.45, 7) is 16.0. The fourth-order valence-electron chi connectivity index (χ4n) is 7.44. The molecule has 2 heterocycles. The molecule has 5 nitrogen and oxygen atoms in total. The fourth-order valence-corrected chi connectivity index (χ4v) is 7.44. The molecule has 0 saturated carbocycles. The minimum Gasteiger partial charge on any atom is -0.310 e. The van der Waals surface area contributed by atoms with Crippen molar-refractivity contribution >= 4 is 55.0 Å². The van der Waals surface area contributed by atoms with Gasteiger partial charge in [-0.05, 0) is 76.9 Å². The van der Waals surface area contributed by atoms with E-state index in [9.17, 15) is 5.26 Å². The zero-order valence-electron chi connectivity index (χ0n) is 26.7. The fraction of sp³-hybridized carbons (Fsp3) is 0. The molecule has 2 aromatic heterocycles. The normalized spacial score (nSPS) is 11.1. The number of fused-ring (bicyclic) bond motifs is 6. The van der Waals surface area contributed by atoms with Gasteiger partial charge in [-0.2, -0.15) is 5.26 Å². The number of benzene rings is 7. The largest absolute Gasteiger partial charge is 0.310 e. The van der Waals surface area contributed by atoms with Crippen molar-refractivity contribution in [2.75, 3.05) is 0 Å². The van der Waals surface area contributed by atoms with Gasteiger partial charge >= 0.3 is 0 Å². The van der Waals surface area contributed by atoms with Gasteiger partial charge in [0.1, 0.15) is 0 Å². The predicted molar refractivity (Wildman–Crippen MR) is 203 cm³/mol. The van der Waals surface area contributed by atoms with Crippen LogP contribution in [0.2, 0.25) is 0 Å². The lowest BCUT2D eigenvalue weighted by molar-refractivity contribution is 1.18. The van der Waals surface area contributed by atoms with Crippen LogP contribution in [0.5, 0.6) is 0 Å². The first-order valence-electron chi connectivity index (χ1n) is 16.2. The van der Waals surface area contributed by atoms with Gasteiger partial charge in [0.25, 0.3) is 0 Å². The summed E-state index contributed by atoms with van der Waals surface area (Å²) in [5, 5.41) is 14.0. The highest BCUT2D eigenvalue weighted by molar-refractivity contribution is 6.12.